The Labute approximate surface area is 207 Å². The number of hydrogen-bond donors (Lipinski definition) is 3. The molecule has 0 unspecified atom stereocenters. The lowest BCUT2D eigenvalue weighted by Crippen LogP contribution is -2.29. The molecule has 0 radical (unpaired) electrons. The monoisotopic (exact) mass is 513 g/mol. The Morgan fingerprint density at radius 3 is 2.26 bits per heavy atom. The van der Waals surface area contributed by atoms with E-state index in [1.807, 2.05) is 32.0 Å². The minimum Gasteiger partial charge on any atom is -0.384 e. The van der Waals surface area contributed by atoms with Gasteiger partial charge in [0.2, 0.25) is 0 Å². The van der Waals surface area contributed by atoms with Gasteiger partial charge in [0.05, 0.1) is 9.79 Å². The molecule has 0 spiro atoms. The van der Waals surface area contributed by atoms with E-state index in [2.05, 4.69) is 15.4 Å². The molecule has 7 nitrogen and oxygen atoms in total. The highest BCUT2D eigenvalue weighted by Crippen LogP contribution is 2.39. The highest BCUT2D eigenvalue weighted by Gasteiger charge is 2.34. The third kappa shape index (κ3) is 5.86. The molecule has 3 aromatic rings. The van der Waals surface area contributed by atoms with E-state index in [0.717, 1.165) is 41.9 Å². The number of fused-ring (bicyclic) bond motifs is 3. The van der Waals surface area contributed by atoms with Crippen LogP contribution in [0.4, 0.5) is 11.4 Å². The zero-order valence-electron chi connectivity index (χ0n) is 20.1. The number of sulfonamides is 1. The summed E-state index contributed by atoms with van der Waals surface area (Å²) in [5, 5.41) is 6.92. The summed E-state index contributed by atoms with van der Waals surface area (Å²) in [7, 11) is -6.61. The van der Waals surface area contributed by atoms with Crippen molar-refractivity contribution in [3.8, 4) is 0 Å². The zero-order chi connectivity index (χ0) is 25.2. The van der Waals surface area contributed by atoms with Gasteiger partial charge < -0.3 is 10.6 Å². The van der Waals surface area contributed by atoms with Gasteiger partial charge in [-0.2, -0.15) is 0 Å². The van der Waals surface area contributed by atoms with Crippen LogP contribution in [0.1, 0.15) is 29.2 Å². The van der Waals surface area contributed by atoms with Crippen molar-refractivity contribution < 1.29 is 16.8 Å². The van der Waals surface area contributed by atoms with E-state index in [1.165, 1.54) is 6.26 Å². The van der Waals surface area contributed by atoms with Gasteiger partial charge in [-0.25, -0.2) is 16.8 Å². The maximum absolute atomic E-state index is 12.8. The van der Waals surface area contributed by atoms with Crippen LogP contribution in [0.3, 0.4) is 0 Å². The SMILES string of the molecule is CS(=O)(=O)c1ccccc1.Cc1ccc(NS(=O)(=O)c2ccc3c(c2)[C@H]2NCC[C@H]2CN3)cc1C. The molecule has 0 amide bonds. The average Bonchev–Trinajstić information content (AvgIpc) is 3.31. The van der Waals surface area contributed by atoms with E-state index in [-0.39, 0.29) is 6.04 Å². The summed E-state index contributed by atoms with van der Waals surface area (Å²) >= 11 is 0. The summed E-state index contributed by atoms with van der Waals surface area (Å²) in [4.78, 5) is 0.677. The molecule has 5 rings (SSSR count). The van der Waals surface area contributed by atoms with Gasteiger partial charge in [0, 0.05) is 30.2 Å². The molecule has 2 aliphatic heterocycles. The van der Waals surface area contributed by atoms with Gasteiger partial charge in [0.15, 0.2) is 9.84 Å². The highest BCUT2D eigenvalue weighted by molar-refractivity contribution is 7.92. The zero-order valence-corrected chi connectivity index (χ0v) is 21.7. The van der Waals surface area contributed by atoms with Crippen LogP contribution < -0.4 is 15.4 Å². The van der Waals surface area contributed by atoms with Crippen molar-refractivity contribution in [3.63, 3.8) is 0 Å². The molecule has 0 aromatic heterocycles. The molecule has 35 heavy (non-hydrogen) atoms. The first kappa shape index (κ1) is 25.2. The van der Waals surface area contributed by atoms with Gasteiger partial charge in [0.25, 0.3) is 10.0 Å². The summed E-state index contributed by atoms with van der Waals surface area (Å²) in [6, 6.07) is 19.5. The summed E-state index contributed by atoms with van der Waals surface area (Å²) in [5.41, 5.74) is 4.88. The topological polar surface area (TPSA) is 104 Å². The number of rotatable bonds is 4. The standard InChI is InChI=1S/C19H23N3O2S.C7H8O2S/c1-12-3-4-15(9-13(12)2)22-25(23,24)16-5-6-18-17(10-16)19-14(11-21-18)7-8-20-19;1-10(8,9)7-5-3-2-4-6-7/h3-6,9-10,14,19-22H,7-8,11H2,1-2H3;2-6H,1H3/t14-,19-;/m0./s1. The number of nitrogens with one attached hydrogen (secondary N) is 3. The van der Waals surface area contributed by atoms with Crippen molar-refractivity contribution in [2.75, 3.05) is 29.4 Å². The lowest BCUT2D eigenvalue weighted by atomic mass is 9.89. The van der Waals surface area contributed by atoms with Crippen LogP contribution in [-0.4, -0.2) is 36.2 Å². The molecule has 2 atom stereocenters. The number of sulfone groups is 1. The van der Waals surface area contributed by atoms with Crippen LogP contribution in [-0.2, 0) is 19.9 Å². The predicted octanol–water partition coefficient (Wildman–Crippen LogP) is 4.27. The van der Waals surface area contributed by atoms with Crippen LogP contribution >= 0.6 is 0 Å². The van der Waals surface area contributed by atoms with Crippen LogP contribution in [0.15, 0.2) is 76.5 Å². The molecule has 3 aromatic carbocycles. The third-order valence-corrected chi connectivity index (χ3v) is 9.01. The summed E-state index contributed by atoms with van der Waals surface area (Å²) in [6.07, 6.45) is 2.32. The highest BCUT2D eigenvalue weighted by atomic mass is 32.2. The van der Waals surface area contributed by atoms with Crippen molar-refractivity contribution in [3.05, 3.63) is 83.4 Å². The lowest BCUT2D eigenvalue weighted by molar-refractivity contribution is 0.469. The minimum atomic E-state index is -3.61. The average molecular weight is 514 g/mol. The van der Waals surface area contributed by atoms with Gasteiger partial charge in [-0.3, -0.25) is 4.72 Å². The summed E-state index contributed by atoms with van der Waals surface area (Å²) < 4.78 is 50.0. The molecule has 2 aliphatic rings. The van der Waals surface area contributed by atoms with E-state index in [9.17, 15) is 16.8 Å². The van der Waals surface area contributed by atoms with Gasteiger partial charge in [-0.05, 0) is 91.9 Å². The first-order chi connectivity index (χ1) is 16.5. The molecule has 3 N–H and O–H groups in total. The fourth-order valence-corrected chi connectivity index (χ4v) is 6.13. The minimum absolute atomic E-state index is 0.244. The first-order valence-corrected chi connectivity index (χ1v) is 14.9. The van der Waals surface area contributed by atoms with Crippen molar-refractivity contribution in [2.45, 2.75) is 36.1 Å². The molecular weight excluding hydrogens is 482 g/mol. The maximum Gasteiger partial charge on any atom is 0.261 e. The normalized spacial score (nSPS) is 18.9. The first-order valence-electron chi connectivity index (χ1n) is 11.5. The number of anilines is 2. The molecule has 186 valence electrons. The fraction of sp³-hybridized carbons (Fsp3) is 0.308. The lowest BCUT2D eigenvalue weighted by Gasteiger charge is -2.29. The molecule has 0 bridgehead atoms. The quantitative estimate of drug-likeness (QED) is 0.481. The predicted molar refractivity (Wildman–Crippen MR) is 140 cm³/mol. The van der Waals surface area contributed by atoms with E-state index in [0.29, 0.717) is 21.4 Å². The van der Waals surface area contributed by atoms with Crippen LogP contribution in [0.2, 0.25) is 0 Å². The smallest absolute Gasteiger partial charge is 0.261 e. The molecule has 1 fully saturated rings. The molecule has 9 heteroatoms. The number of hydrogen-bond acceptors (Lipinski definition) is 6. The fourth-order valence-electron chi connectivity index (χ4n) is 4.40. The molecule has 0 saturated carbocycles. The second kappa shape index (κ2) is 10.0. The second-order valence-electron chi connectivity index (χ2n) is 9.10. The second-order valence-corrected chi connectivity index (χ2v) is 12.8. The Morgan fingerprint density at radius 2 is 1.60 bits per heavy atom. The van der Waals surface area contributed by atoms with Gasteiger partial charge >= 0.3 is 0 Å². The number of aryl methyl sites for hydroxylation is 2. The van der Waals surface area contributed by atoms with Gasteiger partial charge in [-0.1, -0.05) is 24.3 Å². The van der Waals surface area contributed by atoms with Gasteiger partial charge in [-0.15, -0.1) is 0 Å². The number of benzene rings is 3. The maximum atomic E-state index is 12.8. The van der Waals surface area contributed by atoms with Crippen molar-refractivity contribution in [1.82, 2.24) is 5.32 Å². The molecule has 0 aliphatic carbocycles. The Bertz CT molecular complexity index is 1420. The third-order valence-electron chi connectivity index (χ3n) is 6.50. The van der Waals surface area contributed by atoms with Gasteiger partial charge in [0.1, 0.15) is 0 Å². The molecular formula is C26H31N3O4S2. The molecule has 2 heterocycles. The summed E-state index contributed by atoms with van der Waals surface area (Å²) in [5.74, 6) is 0.526. The van der Waals surface area contributed by atoms with Crippen molar-refractivity contribution in [2.24, 2.45) is 5.92 Å². The van der Waals surface area contributed by atoms with E-state index in [1.54, 1.807) is 48.5 Å². The van der Waals surface area contributed by atoms with E-state index < -0.39 is 19.9 Å². The Balaban J connectivity index is 0.000000243. The Hall–Kier alpha value is -2.88. The van der Waals surface area contributed by atoms with Crippen LogP contribution in [0, 0.1) is 19.8 Å². The molecule has 1 saturated heterocycles. The van der Waals surface area contributed by atoms with Crippen LogP contribution in [0.25, 0.3) is 0 Å². The Morgan fingerprint density at radius 1 is 0.857 bits per heavy atom. The van der Waals surface area contributed by atoms with E-state index >= 15 is 0 Å². The van der Waals surface area contributed by atoms with Crippen molar-refractivity contribution >= 4 is 31.2 Å². The van der Waals surface area contributed by atoms with Crippen LogP contribution in [0.5, 0.6) is 0 Å². The van der Waals surface area contributed by atoms with Crippen molar-refractivity contribution in [1.29, 1.82) is 0 Å². The summed E-state index contributed by atoms with van der Waals surface area (Å²) in [6.45, 7) is 5.91. The Kier molecular flexibility index (Phi) is 7.21. The largest absolute Gasteiger partial charge is 0.384 e. The van der Waals surface area contributed by atoms with E-state index in [4.69, 9.17) is 0 Å².